The van der Waals surface area contributed by atoms with E-state index >= 15 is 0 Å². The Labute approximate surface area is 101 Å². The molecule has 0 aliphatic heterocycles. The van der Waals surface area contributed by atoms with E-state index in [1.54, 1.807) is 6.07 Å². The van der Waals surface area contributed by atoms with Crippen LogP contribution in [-0.4, -0.2) is 17.3 Å². The van der Waals surface area contributed by atoms with Gasteiger partial charge in [-0.15, -0.1) is 0 Å². The van der Waals surface area contributed by atoms with Gasteiger partial charge < -0.3 is 16.2 Å². The fourth-order valence-electron chi connectivity index (χ4n) is 2.13. The third-order valence-corrected chi connectivity index (χ3v) is 3.38. The van der Waals surface area contributed by atoms with E-state index in [2.05, 4.69) is 5.32 Å². The normalized spacial score (nSPS) is 25.4. The average Bonchev–Trinajstić information content (AvgIpc) is 2.25. The van der Waals surface area contributed by atoms with Gasteiger partial charge in [0, 0.05) is 5.69 Å². The number of halogens is 1. The topological polar surface area (TPSA) is 58.3 Å². The van der Waals surface area contributed by atoms with Gasteiger partial charge in [-0.1, -0.05) is 24.4 Å². The van der Waals surface area contributed by atoms with Crippen molar-refractivity contribution in [3.8, 4) is 0 Å². The van der Waals surface area contributed by atoms with Gasteiger partial charge in [0.2, 0.25) is 0 Å². The molecule has 0 radical (unpaired) electrons. The Morgan fingerprint density at radius 1 is 1.31 bits per heavy atom. The molecule has 4 N–H and O–H groups in total. The molecule has 2 rings (SSSR count). The molecule has 16 heavy (non-hydrogen) atoms. The Morgan fingerprint density at radius 3 is 2.75 bits per heavy atom. The number of rotatable bonds is 2. The summed E-state index contributed by atoms with van der Waals surface area (Å²) >= 11 is 6.07. The van der Waals surface area contributed by atoms with Crippen LogP contribution in [0.1, 0.15) is 25.7 Å². The van der Waals surface area contributed by atoms with Crippen molar-refractivity contribution < 1.29 is 5.11 Å². The molecule has 1 fully saturated rings. The highest BCUT2D eigenvalue weighted by Crippen LogP contribution is 2.28. The van der Waals surface area contributed by atoms with Crippen LogP contribution in [0.15, 0.2) is 18.2 Å². The van der Waals surface area contributed by atoms with E-state index in [0.29, 0.717) is 10.7 Å². The molecule has 2 atom stereocenters. The Morgan fingerprint density at radius 2 is 2.06 bits per heavy atom. The zero-order chi connectivity index (χ0) is 11.5. The van der Waals surface area contributed by atoms with Crippen LogP contribution in [0, 0.1) is 0 Å². The minimum atomic E-state index is -0.276. The summed E-state index contributed by atoms with van der Waals surface area (Å²) in [5, 5.41) is 13.7. The second-order valence-corrected chi connectivity index (χ2v) is 4.75. The van der Waals surface area contributed by atoms with Gasteiger partial charge >= 0.3 is 0 Å². The van der Waals surface area contributed by atoms with Crippen LogP contribution >= 0.6 is 11.6 Å². The highest BCUT2D eigenvalue weighted by Gasteiger charge is 2.23. The highest BCUT2D eigenvalue weighted by molar-refractivity contribution is 6.33. The van der Waals surface area contributed by atoms with Crippen molar-refractivity contribution in [2.45, 2.75) is 37.8 Å². The minimum absolute atomic E-state index is 0.106. The van der Waals surface area contributed by atoms with Crippen LogP contribution < -0.4 is 11.1 Å². The molecular weight excluding hydrogens is 224 g/mol. The van der Waals surface area contributed by atoms with Crippen molar-refractivity contribution in [3.63, 3.8) is 0 Å². The second kappa shape index (κ2) is 4.93. The summed E-state index contributed by atoms with van der Waals surface area (Å²) in [7, 11) is 0. The lowest BCUT2D eigenvalue weighted by atomic mass is 9.92. The molecule has 4 heteroatoms. The SMILES string of the molecule is Nc1ccc(NC2CCCCC2O)c(Cl)c1. The molecule has 0 spiro atoms. The summed E-state index contributed by atoms with van der Waals surface area (Å²) in [4.78, 5) is 0. The van der Waals surface area contributed by atoms with Crippen LogP contribution in [0.5, 0.6) is 0 Å². The Kier molecular flexibility index (Phi) is 3.56. The van der Waals surface area contributed by atoms with Crippen molar-refractivity contribution in [1.82, 2.24) is 0 Å². The first kappa shape index (κ1) is 11.6. The highest BCUT2D eigenvalue weighted by atomic mass is 35.5. The third kappa shape index (κ3) is 2.60. The van der Waals surface area contributed by atoms with Crippen molar-refractivity contribution in [1.29, 1.82) is 0 Å². The van der Waals surface area contributed by atoms with E-state index in [0.717, 1.165) is 31.4 Å². The van der Waals surface area contributed by atoms with Crippen LogP contribution in [0.25, 0.3) is 0 Å². The van der Waals surface area contributed by atoms with Gasteiger partial charge in [0.25, 0.3) is 0 Å². The number of benzene rings is 1. The largest absolute Gasteiger partial charge is 0.399 e. The summed E-state index contributed by atoms with van der Waals surface area (Å²) in [6.07, 6.45) is 3.84. The molecule has 1 saturated carbocycles. The summed E-state index contributed by atoms with van der Waals surface area (Å²) in [6.45, 7) is 0. The second-order valence-electron chi connectivity index (χ2n) is 4.34. The van der Waals surface area contributed by atoms with Crippen molar-refractivity contribution in [2.24, 2.45) is 0 Å². The summed E-state index contributed by atoms with van der Waals surface area (Å²) in [5.41, 5.74) is 7.13. The van der Waals surface area contributed by atoms with E-state index in [9.17, 15) is 5.11 Å². The number of nitrogen functional groups attached to an aromatic ring is 1. The predicted molar refractivity (Wildman–Crippen MR) is 67.7 cm³/mol. The van der Waals surface area contributed by atoms with E-state index in [1.807, 2.05) is 12.1 Å². The standard InChI is InChI=1S/C12H17ClN2O/c13-9-7-8(14)5-6-10(9)15-11-3-1-2-4-12(11)16/h5-7,11-12,15-16H,1-4,14H2. The molecule has 0 saturated heterocycles. The molecule has 0 heterocycles. The number of hydrogen-bond acceptors (Lipinski definition) is 3. The van der Waals surface area contributed by atoms with Gasteiger partial charge in [-0.25, -0.2) is 0 Å². The molecule has 1 aliphatic carbocycles. The number of aliphatic hydroxyl groups excluding tert-OH is 1. The van der Waals surface area contributed by atoms with E-state index in [1.165, 1.54) is 0 Å². The monoisotopic (exact) mass is 240 g/mol. The quantitative estimate of drug-likeness (QED) is 0.697. The van der Waals surface area contributed by atoms with Gasteiger partial charge in [-0.3, -0.25) is 0 Å². The zero-order valence-corrected chi connectivity index (χ0v) is 9.87. The molecule has 1 aliphatic rings. The lowest BCUT2D eigenvalue weighted by molar-refractivity contribution is 0.116. The van der Waals surface area contributed by atoms with Crippen LogP contribution in [0.2, 0.25) is 5.02 Å². The molecule has 1 aromatic rings. The number of anilines is 2. The van der Waals surface area contributed by atoms with Crippen LogP contribution in [-0.2, 0) is 0 Å². The van der Waals surface area contributed by atoms with E-state index < -0.39 is 0 Å². The maximum atomic E-state index is 9.85. The number of hydrogen-bond donors (Lipinski definition) is 3. The third-order valence-electron chi connectivity index (χ3n) is 3.06. The lowest BCUT2D eigenvalue weighted by Gasteiger charge is -2.29. The Hall–Kier alpha value is -0.930. The molecule has 88 valence electrons. The van der Waals surface area contributed by atoms with Crippen LogP contribution in [0.4, 0.5) is 11.4 Å². The number of aliphatic hydroxyl groups is 1. The van der Waals surface area contributed by atoms with Gasteiger partial charge in [0.05, 0.1) is 22.9 Å². The fraction of sp³-hybridized carbons (Fsp3) is 0.500. The maximum absolute atomic E-state index is 9.85. The Bertz CT molecular complexity index is 370. The number of nitrogens with one attached hydrogen (secondary N) is 1. The average molecular weight is 241 g/mol. The first-order valence-electron chi connectivity index (χ1n) is 5.66. The molecule has 2 unspecified atom stereocenters. The first-order chi connectivity index (χ1) is 7.66. The predicted octanol–water partition coefficient (Wildman–Crippen LogP) is 2.64. The smallest absolute Gasteiger partial charge is 0.0741 e. The maximum Gasteiger partial charge on any atom is 0.0741 e. The zero-order valence-electron chi connectivity index (χ0n) is 9.12. The van der Waals surface area contributed by atoms with Gasteiger partial charge in [-0.2, -0.15) is 0 Å². The molecule has 0 amide bonds. The van der Waals surface area contributed by atoms with Gasteiger partial charge in [-0.05, 0) is 31.0 Å². The van der Waals surface area contributed by atoms with Crippen molar-refractivity contribution in [3.05, 3.63) is 23.2 Å². The molecular formula is C12H17ClN2O. The van der Waals surface area contributed by atoms with Crippen LogP contribution in [0.3, 0.4) is 0 Å². The number of nitrogens with two attached hydrogens (primary N) is 1. The first-order valence-corrected chi connectivity index (χ1v) is 6.04. The summed E-state index contributed by atoms with van der Waals surface area (Å²) < 4.78 is 0. The van der Waals surface area contributed by atoms with Gasteiger partial charge in [0.15, 0.2) is 0 Å². The molecule has 0 bridgehead atoms. The van der Waals surface area contributed by atoms with E-state index in [4.69, 9.17) is 17.3 Å². The van der Waals surface area contributed by atoms with Crippen molar-refractivity contribution >= 4 is 23.0 Å². The van der Waals surface area contributed by atoms with Gasteiger partial charge in [0.1, 0.15) is 0 Å². The summed E-state index contributed by atoms with van der Waals surface area (Å²) in [5.74, 6) is 0. The lowest BCUT2D eigenvalue weighted by Crippen LogP contribution is -2.36. The minimum Gasteiger partial charge on any atom is -0.399 e. The summed E-state index contributed by atoms with van der Waals surface area (Å²) in [6, 6.07) is 5.50. The fourth-order valence-corrected chi connectivity index (χ4v) is 2.37. The Balaban J connectivity index is 2.07. The van der Waals surface area contributed by atoms with E-state index in [-0.39, 0.29) is 12.1 Å². The molecule has 1 aromatic carbocycles. The molecule has 3 nitrogen and oxygen atoms in total. The molecule has 0 aromatic heterocycles. The van der Waals surface area contributed by atoms with Crippen molar-refractivity contribution in [2.75, 3.05) is 11.1 Å².